The number of halogens is 1. The van der Waals surface area contributed by atoms with Crippen LogP contribution in [-0.2, 0) is 11.2 Å². The summed E-state index contributed by atoms with van der Waals surface area (Å²) >= 11 is 5.68. The van der Waals surface area contributed by atoms with Crippen molar-refractivity contribution < 1.29 is 9.59 Å². The van der Waals surface area contributed by atoms with Gasteiger partial charge in [0.25, 0.3) is 5.91 Å². The molecule has 0 fully saturated rings. The number of carbonyl (C=O) groups excluding carboxylic acids is 2. The zero-order valence-corrected chi connectivity index (χ0v) is 12.7. The first-order valence-electron chi connectivity index (χ1n) is 6.67. The molecule has 0 aliphatic heterocycles. The molecule has 0 unspecified atom stereocenters. The third kappa shape index (κ3) is 4.53. The smallest absolute Gasteiger partial charge is 0.293 e. The number of carbonyl (C=O) groups is 2. The summed E-state index contributed by atoms with van der Waals surface area (Å²) < 4.78 is 0. The van der Waals surface area contributed by atoms with Gasteiger partial charge in [0.1, 0.15) is 0 Å². The SMILES string of the molecule is CNC(=O)CCc1cccc(NC(=O)c2ncc(Cl)cn2)c1. The van der Waals surface area contributed by atoms with E-state index in [9.17, 15) is 9.59 Å². The lowest BCUT2D eigenvalue weighted by atomic mass is 10.1. The van der Waals surface area contributed by atoms with Crippen molar-refractivity contribution in [3.05, 3.63) is 53.1 Å². The van der Waals surface area contributed by atoms with Gasteiger partial charge in [-0.1, -0.05) is 23.7 Å². The van der Waals surface area contributed by atoms with E-state index in [1.165, 1.54) is 12.4 Å². The van der Waals surface area contributed by atoms with Gasteiger partial charge >= 0.3 is 0 Å². The van der Waals surface area contributed by atoms with Crippen molar-refractivity contribution in [2.45, 2.75) is 12.8 Å². The van der Waals surface area contributed by atoms with Gasteiger partial charge < -0.3 is 10.6 Å². The monoisotopic (exact) mass is 318 g/mol. The second-order valence-corrected chi connectivity index (χ2v) is 4.99. The third-order valence-corrected chi connectivity index (χ3v) is 3.12. The number of hydrogen-bond donors (Lipinski definition) is 2. The van der Waals surface area contributed by atoms with Crippen molar-refractivity contribution in [2.24, 2.45) is 0 Å². The van der Waals surface area contributed by atoms with Crippen LogP contribution in [0.1, 0.15) is 22.6 Å². The van der Waals surface area contributed by atoms with Crippen LogP contribution in [0.3, 0.4) is 0 Å². The third-order valence-electron chi connectivity index (χ3n) is 2.93. The molecule has 0 bridgehead atoms. The van der Waals surface area contributed by atoms with Crippen LogP contribution >= 0.6 is 11.6 Å². The van der Waals surface area contributed by atoms with Gasteiger partial charge in [-0.2, -0.15) is 0 Å². The zero-order valence-electron chi connectivity index (χ0n) is 12.0. The Balaban J connectivity index is 2.02. The number of anilines is 1. The number of benzene rings is 1. The molecule has 6 nitrogen and oxygen atoms in total. The van der Waals surface area contributed by atoms with E-state index in [0.717, 1.165) is 5.56 Å². The van der Waals surface area contributed by atoms with Crippen molar-refractivity contribution in [1.82, 2.24) is 15.3 Å². The molecule has 1 aromatic carbocycles. The van der Waals surface area contributed by atoms with Gasteiger partial charge in [0.15, 0.2) is 0 Å². The predicted octanol–water partition coefficient (Wildman–Crippen LogP) is 2.06. The summed E-state index contributed by atoms with van der Waals surface area (Å²) in [6.45, 7) is 0. The standard InChI is InChI=1S/C15H15ClN4O2/c1-17-13(21)6-5-10-3-2-4-12(7-10)20-15(22)14-18-8-11(16)9-19-14/h2-4,7-9H,5-6H2,1H3,(H,17,21)(H,20,22). The van der Waals surface area contributed by atoms with Crippen LogP contribution in [0.5, 0.6) is 0 Å². The van der Waals surface area contributed by atoms with Crippen LogP contribution in [0.4, 0.5) is 5.69 Å². The van der Waals surface area contributed by atoms with Crippen molar-refractivity contribution in [3.8, 4) is 0 Å². The molecule has 0 aliphatic carbocycles. The van der Waals surface area contributed by atoms with Crippen molar-refractivity contribution in [2.75, 3.05) is 12.4 Å². The van der Waals surface area contributed by atoms with E-state index < -0.39 is 5.91 Å². The average Bonchev–Trinajstić information content (AvgIpc) is 2.53. The Kier molecular flexibility index (Phi) is 5.43. The van der Waals surface area contributed by atoms with Crippen LogP contribution in [-0.4, -0.2) is 28.8 Å². The molecule has 0 saturated carbocycles. The molecule has 0 spiro atoms. The van der Waals surface area contributed by atoms with Crippen LogP contribution < -0.4 is 10.6 Å². The zero-order chi connectivity index (χ0) is 15.9. The minimum absolute atomic E-state index is 0.0241. The second-order valence-electron chi connectivity index (χ2n) is 4.55. The number of rotatable bonds is 5. The summed E-state index contributed by atoms with van der Waals surface area (Å²) in [4.78, 5) is 31.0. The predicted molar refractivity (Wildman–Crippen MR) is 83.8 cm³/mol. The quantitative estimate of drug-likeness (QED) is 0.884. The number of nitrogens with one attached hydrogen (secondary N) is 2. The van der Waals surface area contributed by atoms with Gasteiger partial charge in [0.05, 0.1) is 5.02 Å². The lowest BCUT2D eigenvalue weighted by Crippen LogP contribution is -2.18. The summed E-state index contributed by atoms with van der Waals surface area (Å²) in [5, 5.41) is 5.65. The molecule has 1 heterocycles. The Labute approximate surface area is 132 Å². The molecular formula is C15H15ClN4O2. The fraction of sp³-hybridized carbons (Fsp3) is 0.200. The minimum atomic E-state index is -0.417. The topological polar surface area (TPSA) is 84.0 Å². The van der Waals surface area contributed by atoms with Gasteiger partial charge in [0, 0.05) is 31.5 Å². The van der Waals surface area contributed by atoms with Crippen molar-refractivity contribution >= 4 is 29.1 Å². The summed E-state index contributed by atoms with van der Waals surface area (Å²) in [7, 11) is 1.60. The molecule has 22 heavy (non-hydrogen) atoms. The lowest BCUT2D eigenvalue weighted by Gasteiger charge is -2.07. The fourth-order valence-electron chi connectivity index (χ4n) is 1.80. The first-order chi connectivity index (χ1) is 10.6. The largest absolute Gasteiger partial charge is 0.359 e. The molecule has 0 saturated heterocycles. The van der Waals surface area contributed by atoms with E-state index in [1.807, 2.05) is 18.2 Å². The van der Waals surface area contributed by atoms with Crippen LogP contribution in [0.15, 0.2) is 36.7 Å². The molecule has 2 rings (SSSR count). The molecule has 2 amide bonds. The highest BCUT2D eigenvalue weighted by molar-refractivity contribution is 6.30. The Morgan fingerprint density at radius 1 is 1.23 bits per heavy atom. The van der Waals surface area contributed by atoms with E-state index in [-0.39, 0.29) is 11.7 Å². The van der Waals surface area contributed by atoms with Gasteiger partial charge in [0.2, 0.25) is 11.7 Å². The Hall–Kier alpha value is -2.47. The highest BCUT2D eigenvalue weighted by Gasteiger charge is 2.09. The maximum Gasteiger partial charge on any atom is 0.293 e. The highest BCUT2D eigenvalue weighted by atomic mass is 35.5. The maximum absolute atomic E-state index is 12.0. The normalized spacial score (nSPS) is 10.1. The van der Waals surface area contributed by atoms with E-state index >= 15 is 0 Å². The molecule has 2 N–H and O–H groups in total. The number of aromatic nitrogens is 2. The summed E-state index contributed by atoms with van der Waals surface area (Å²) in [5.74, 6) is -0.399. The molecule has 0 radical (unpaired) electrons. The van der Waals surface area contributed by atoms with E-state index in [2.05, 4.69) is 20.6 Å². The molecular weight excluding hydrogens is 304 g/mol. The number of amides is 2. The fourth-order valence-corrected chi connectivity index (χ4v) is 1.90. The summed E-state index contributed by atoms with van der Waals surface area (Å²) in [6.07, 6.45) is 3.72. The summed E-state index contributed by atoms with van der Waals surface area (Å²) in [5.41, 5.74) is 1.58. The molecule has 1 aromatic heterocycles. The van der Waals surface area contributed by atoms with Gasteiger partial charge in [-0.15, -0.1) is 0 Å². The van der Waals surface area contributed by atoms with E-state index in [1.54, 1.807) is 13.1 Å². The van der Waals surface area contributed by atoms with Gasteiger partial charge in [-0.25, -0.2) is 9.97 Å². The Morgan fingerprint density at radius 2 is 1.95 bits per heavy atom. The number of aryl methyl sites for hydroxylation is 1. The molecule has 7 heteroatoms. The van der Waals surface area contributed by atoms with Gasteiger partial charge in [-0.3, -0.25) is 9.59 Å². The second kappa shape index (κ2) is 7.51. The molecule has 0 atom stereocenters. The maximum atomic E-state index is 12.0. The van der Waals surface area contributed by atoms with Crippen LogP contribution in [0.2, 0.25) is 5.02 Å². The molecule has 0 aliphatic rings. The van der Waals surface area contributed by atoms with Crippen molar-refractivity contribution in [3.63, 3.8) is 0 Å². The minimum Gasteiger partial charge on any atom is -0.359 e. The number of hydrogen-bond acceptors (Lipinski definition) is 4. The van der Waals surface area contributed by atoms with Crippen LogP contribution in [0, 0.1) is 0 Å². The van der Waals surface area contributed by atoms with Crippen molar-refractivity contribution in [1.29, 1.82) is 0 Å². The van der Waals surface area contributed by atoms with Gasteiger partial charge in [-0.05, 0) is 24.1 Å². The highest BCUT2D eigenvalue weighted by Crippen LogP contribution is 2.13. The average molecular weight is 319 g/mol. The van der Waals surface area contributed by atoms with E-state index in [4.69, 9.17) is 11.6 Å². The Bertz CT molecular complexity index is 673. The Morgan fingerprint density at radius 3 is 2.64 bits per heavy atom. The first-order valence-corrected chi connectivity index (χ1v) is 7.04. The van der Waals surface area contributed by atoms with E-state index in [0.29, 0.717) is 23.6 Å². The van der Waals surface area contributed by atoms with Crippen LogP contribution in [0.25, 0.3) is 0 Å². The summed E-state index contributed by atoms with van der Waals surface area (Å²) in [6, 6.07) is 7.29. The molecule has 2 aromatic rings. The first kappa shape index (κ1) is 15.9. The molecule has 114 valence electrons. The number of nitrogens with zero attached hydrogens (tertiary/aromatic N) is 2. The lowest BCUT2D eigenvalue weighted by molar-refractivity contribution is -0.120.